The Kier molecular flexibility index (Phi) is 2.75. The van der Waals surface area contributed by atoms with E-state index in [2.05, 4.69) is 57.9 Å². The van der Waals surface area contributed by atoms with Crippen LogP contribution in [0.25, 0.3) is 0 Å². The van der Waals surface area contributed by atoms with Gasteiger partial charge in [-0.2, -0.15) is 0 Å². The molecule has 1 rings (SSSR count). The zero-order valence-electron chi connectivity index (χ0n) is 10.2. The SMILES string of the molecule is CC(C)(C)NC1=CC(C(C)(C)C)=NC1. The summed E-state index contributed by atoms with van der Waals surface area (Å²) in [6, 6.07) is 0. The van der Waals surface area contributed by atoms with Gasteiger partial charge in [0, 0.05) is 22.4 Å². The highest BCUT2D eigenvalue weighted by atomic mass is 15.0. The van der Waals surface area contributed by atoms with E-state index < -0.39 is 0 Å². The van der Waals surface area contributed by atoms with Crippen molar-refractivity contribution in [3.63, 3.8) is 0 Å². The van der Waals surface area contributed by atoms with E-state index in [0.717, 1.165) is 6.54 Å². The fourth-order valence-corrected chi connectivity index (χ4v) is 1.44. The molecule has 2 heteroatoms. The van der Waals surface area contributed by atoms with Gasteiger partial charge in [-0.15, -0.1) is 0 Å². The largest absolute Gasteiger partial charge is 0.382 e. The predicted octanol–water partition coefficient (Wildman–Crippen LogP) is 2.76. The van der Waals surface area contributed by atoms with Gasteiger partial charge in [0.25, 0.3) is 0 Å². The van der Waals surface area contributed by atoms with Crippen LogP contribution in [0.2, 0.25) is 0 Å². The third-order valence-electron chi connectivity index (χ3n) is 2.03. The summed E-state index contributed by atoms with van der Waals surface area (Å²) in [5.74, 6) is 0. The van der Waals surface area contributed by atoms with E-state index in [1.54, 1.807) is 0 Å². The van der Waals surface area contributed by atoms with Crippen molar-refractivity contribution in [3.8, 4) is 0 Å². The van der Waals surface area contributed by atoms with Crippen molar-refractivity contribution in [2.24, 2.45) is 10.4 Å². The van der Waals surface area contributed by atoms with Gasteiger partial charge in [0.2, 0.25) is 0 Å². The van der Waals surface area contributed by atoms with E-state index in [4.69, 9.17) is 0 Å². The van der Waals surface area contributed by atoms with Crippen molar-refractivity contribution in [1.29, 1.82) is 0 Å². The third-order valence-corrected chi connectivity index (χ3v) is 2.03. The molecule has 0 spiro atoms. The van der Waals surface area contributed by atoms with Crippen LogP contribution in [0.3, 0.4) is 0 Å². The molecule has 0 unspecified atom stereocenters. The predicted molar refractivity (Wildman–Crippen MR) is 62.7 cm³/mol. The quantitative estimate of drug-likeness (QED) is 0.682. The number of aliphatic imine (C=N–C) groups is 1. The highest BCUT2D eigenvalue weighted by Crippen LogP contribution is 2.22. The average Bonchev–Trinajstić information content (AvgIpc) is 2.29. The summed E-state index contributed by atoms with van der Waals surface area (Å²) in [4.78, 5) is 4.53. The Bertz CT molecular complexity index is 272. The second kappa shape index (κ2) is 3.41. The maximum Gasteiger partial charge on any atom is 0.0790 e. The van der Waals surface area contributed by atoms with Crippen LogP contribution in [0.5, 0.6) is 0 Å². The number of rotatable bonds is 1. The van der Waals surface area contributed by atoms with Gasteiger partial charge in [0.05, 0.1) is 6.54 Å². The number of nitrogens with zero attached hydrogens (tertiary/aromatic N) is 1. The molecule has 0 amide bonds. The highest BCUT2D eigenvalue weighted by Gasteiger charge is 2.22. The molecular weight excluding hydrogens is 172 g/mol. The molecule has 0 atom stereocenters. The van der Waals surface area contributed by atoms with Gasteiger partial charge in [-0.3, -0.25) is 4.99 Å². The first-order valence-corrected chi connectivity index (χ1v) is 5.22. The van der Waals surface area contributed by atoms with Gasteiger partial charge < -0.3 is 5.32 Å². The van der Waals surface area contributed by atoms with E-state index in [9.17, 15) is 0 Å². The minimum absolute atomic E-state index is 0.134. The van der Waals surface area contributed by atoms with Gasteiger partial charge in [-0.05, 0) is 26.8 Å². The van der Waals surface area contributed by atoms with Gasteiger partial charge in [-0.25, -0.2) is 0 Å². The van der Waals surface area contributed by atoms with Crippen LogP contribution >= 0.6 is 0 Å². The van der Waals surface area contributed by atoms with Crippen LogP contribution in [0.15, 0.2) is 16.8 Å². The first-order chi connectivity index (χ1) is 6.18. The van der Waals surface area contributed by atoms with Gasteiger partial charge >= 0.3 is 0 Å². The van der Waals surface area contributed by atoms with E-state index in [1.165, 1.54) is 11.4 Å². The van der Waals surface area contributed by atoms with Crippen LogP contribution in [-0.4, -0.2) is 17.8 Å². The molecular formula is C12H22N2. The smallest absolute Gasteiger partial charge is 0.0790 e. The van der Waals surface area contributed by atoms with Gasteiger partial charge in [0.1, 0.15) is 0 Å². The lowest BCUT2D eigenvalue weighted by molar-refractivity contribution is 0.471. The standard InChI is InChI=1S/C12H22N2/c1-11(2,3)10-7-9(8-13-10)14-12(4,5)6/h7,14H,8H2,1-6H3. The molecule has 1 aliphatic heterocycles. The minimum Gasteiger partial charge on any atom is -0.382 e. The Morgan fingerprint density at radius 3 is 2.07 bits per heavy atom. The number of hydrogen-bond acceptors (Lipinski definition) is 2. The molecule has 0 saturated carbocycles. The molecule has 2 nitrogen and oxygen atoms in total. The van der Waals surface area contributed by atoms with E-state index in [-0.39, 0.29) is 11.0 Å². The molecule has 0 aliphatic carbocycles. The van der Waals surface area contributed by atoms with Crippen LogP contribution in [0.1, 0.15) is 41.5 Å². The number of allylic oxidation sites excluding steroid dienone is 1. The normalized spacial score (nSPS) is 17.9. The van der Waals surface area contributed by atoms with Gasteiger partial charge in [0.15, 0.2) is 0 Å². The maximum atomic E-state index is 4.53. The minimum atomic E-state index is 0.134. The summed E-state index contributed by atoms with van der Waals surface area (Å²) in [5.41, 5.74) is 2.74. The summed E-state index contributed by atoms with van der Waals surface area (Å²) in [6.45, 7) is 13.9. The van der Waals surface area contributed by atoms with Crippen molar-refractivity contribution in [2.45, 2.75) is 47.1 Å². The van der Waals surface area contributed by atoms with Crippen molar-refractivity contribution < 1.29 is 0 Å². The molecule has 0 saturated heterocycles. The summed E-state index contributed by atoms with van der Waals surface area (Å²) in [6.07, 6.45) is 2.19. The van der Waals surface area contributed by atoms with E-state index >= 15 is 0 Å². The maximum absolute atomic E-state index is 4.53. The molecule has 0 aromatic heterocycles. The van der Waals surface area contributed by atoms with Crippen LogP contribution in [-0.2, 0) is 0 Å². The number of nitrogens with one attached hydrogen (secondary N) is 1. The molecule has 0 aromatic rings. The Morgan fingerprint density at radius 2 is 1.71 bits per heavy atom. The van der Waals surface area contributed by atoms with Crippen molar-refractivity contribution in [2.75, 3.05) is 6.54 Å². The van der Waals surface area contributed by atoms with Crippen molar-refractivity contribution in [1.82, 2.24) is 5.32 Å². The molecule has 0 fully saturated rings. The average molecular weight is 194 g/mol. The fourth-order valence-electron chi connectivity index (χ4n) is 1.44. The Hall–Kier alpha value is -0.790. The third kappa shape index (κ3) is 3.17. The molecule has 80 valence electrons. The van der Waals surface area contributed by atoms with Crippen molar-refractivity contribution in [3.05, 3.63) is 11.8 Å². The molecule has 0 radical (unpaired) electrons. The van der Waals surface area contributed by atoms with Crippen LogP contribution in [0.4, 0.5) is 0 Å². The fraction of sp³-hybridized carbons (Fsp3) is 0.750. The molecule has 1 heterocycles. The summed E-state index contributed by atoms with van der Waals surface area (Å²) in [5, 5.41) is 3.47. The first-order valence-electron chi connectivity index (χ1n) is 5.22. The molecule has 1 aliphatic rings. The summed E-state index contributed by atoms with van der Waals surface area (Å²) in [7, 11) is 0. The Morgan fingerprint density at radius 1 is 1.14 bits per heavy atom. The second-order valence-corrected chi connectivity index (χ2v) is 6.00. The summed E-state index contributed by atoms with van der Waals surface area (Å²) >= 11 is 0. The van der Waals surface area contributed by atoms with Crippen molar-refractivity contribution >= 4 is 5.71 Å². The zero-order valence-corrected chi connectivity index (χ0v) is 10.2. The Balaban J connectivity index is 2.65. The molecule has 14 heavy (non-hydrogen) atoms. The monoisotopic (exact) mass is 194 g/mol. The first kappa shape index (κ1) is 11.3. The lowest BCUT2D eigenvalue weighted by Gasteiger charge is -2.22. The lowest BCUT2D eigenvalue weighted by Crippen LogP contribution is -2.35. The van der Waals surface area contributed by atoms with Crippen LogP contribution in [0, 0.1) is 5.41 Å². The topological polar surface area (TPSA) is 24.4 Å². The van der Waals surface area contributed by atoms with Gasteiger partial charge in [-0.1, -0.05) is 20.8 Å². The second-order valence-electron chi connectivity index (χ2n) is 6.00. The molecule has 0 bridgehead atoms. The molecule has 0 aromatic carbocycles. The number of hydrogen-bond donors (Lipinski definition) is 1. The van der Waals surface area contributed by atoms with Crippen LogP contribution < -0.4 is 5.32 Å². The zero-order chi connectivity index (χ0) is 11.0. The lowest BCUT2D eigenvalue weighted by atomic mass is 9.90. The van der Waals surface area contributed by atoms with E-state index in [1.807, 2.05) is 0 Å². The molecule has 1 N–H and O–H groups in total. The Labute approximate surface area is 87.5 Å². The summed E-state index contributed by atoms with van der Waals surface area (Å²) < 4.78 is 0. The highest BCUT2D eigenvalue weighted by molar-refractivity contribution is 6.01. The van der Waals surface area contributed by atoms with E-state index in [0.29, 0.717) is 0 Å².